The Morgan fingerprint density at radius 2 is 1.56 bits per heavy atom. The Balaban J connectivity index is 1.76. The van der Waals surface area contributed by atoms with Crippen molar-refractivity contribution in [3.05, 3.63) is 70.8 Å². The van der Waals surface area contributed by atoms with Gasteiger partial charge in [0.05, 0.1) is 5.56 Å². The summed E-state index contributed by atoms with van der Waals surface area (Å²) in [6.07, 6.45) is -2.50. The van der Waals surface area contributed by atoms with Gasteiger partial charge in [-0.15, -0.1) is 0 Å². The molecule has 0 saturated heterocycles. The van der Waals surface area contributed by atoms with Crippen molar-refractivity contribution in [2.45, 2.75) is 38.1 Å². The van der Waals surface area contributed by atoms with Crippen LogP contribution in [-0.4, -0.2) is 16.8 Å². The fraction of sp³-hybridized carbons (Fsp3) is 0.316. The molecule has 2 aromatic rings. The number of alkyl halides is 3. The number of carbonyl (C=O) groups excluding carboxylic acids is 1. The third-order valence-electron chi connectivity index (χ3n) is 4.32. The number of halogens is 3. The first-order valence-electron chi connectivity index (χ1n) is 8.14. The lowest BCUT2D eigenvalue weighted by Crippen LogP contribution is -2.32. The van der Waals surface area contributed by atoms with Crippen molar-refractivity contribution in [2.24, 2.45) is 5.73 Å². The molecule has 0 heterocycles. The third-order valence-corrected chi connectivity index (χ3v) is 4.32. The molecule has 6 heteroatoms. The highest BCUT2D eigenvalue weighted by Gasteiger charge is 2.33. The highest BCUT2D eigenvalue weighted by molar-refractivity contribution is 5.94. The molecule has 0 spiro atoms. The summed E-state index contributed by atoms with van der Waals surface area (Å²) in [6, 6.07) is 12.3. The van der Waals surface area contributed by atoms with Crippen LogP contribution in [0.5, 0.6) is 0 Å². The molecule has 1 saturated carbocycles. The van der Waals surface area contributed by atoms with E-state index in [1.54, 1.807) is 17.0 Å². The van der Waals surface area contributed by atoms with Crippen LogP contribution in [0.3, 0.4) is 0 Å². The standard InChI is InChI=1S/C19H19F3N2O/c20-19(21,22)16-7-3-14(4-8-16)12-24(17-9-10-17)18(25)15-5-1-13(11-23)2-6-15/h1-8,17H,9-12,23H2. The molecule has 25 heavy (non-hydrogen) atoms. The molecule has 0 unspecified atom stereocenters. The van der Waals surface area contributed by atoms with Gasteiger partial charge in [0.2, 0.25) is 0 Å². The molecule has 3 rings (SSSR count). The van der Waals surface area contributed by atoms with E-state index in [1.807, 2.05) is 12.1 Å². The molecule has 0 atom stereocenters. The first-order chi connectivity index (χ1) is 11.9. The van der Waals surface area contributed by atoms with Crippen LogP contribution in [0.15, 0.2) is 48.5 Å². The fourth-order valence-electron chi connectivity index (χ4n) is 2.70. The van der Waals surface area contributed by atoms with Crippen LogP contribution in [0.4, 0.5) is 13.2 Å². The van der Waals surface area contributed by atoms with Crippen molar-refractivity contribution in [3.63, 3.8) is 0 Å². The van der Waals surface area contributed by atoms with Crippen molar-refractivity contribution in [1.29, 1.82) is 0 Å². The third kappa shape index (κ3) is 4.20. The quantitative estimate of drug-likeness (QED) is 0.889. The average molecular weight is 348 g/mol. The Hall–Kier alpha value is -2.34. The Labute approximate surface area is 144 Å². The van der Waals surface area contributed by atoms with Crippen LogP contribution >= 0.6 is 0 Å². The van der Waals surface area contributed by atoms with E-state index in [0.29, 0.717) is 24.2 Å². The second-order valence-electron chi connectivity index (χ2n) is 6.26. The first kappa shape index (κ1) is 17.5. The predicted octanol–water partition coefficient (Wildman–Crippen LogP) is 3.97. The van der Waals surface area contributed by atoms with Gasteiger partial charge in [0.15, 0.2) is 0 Å². The topological polar surface area (TPSA) is 46.3 Å². The van der Waals surface area contributed by atoms with Gasteiger partial charge in [0.1, 0.15) is 0 Å². The molecule has 132 valence electrons. The van der Waals surface area contributed by atoms with Crippen LogP contribution in [0.1, 0.15) is 39.9 Å². The van der Waals surface area contributed by atoms with Crippen LogP contribution < -0.4 is 5.73 Å². The van der Waals surface area contributed by atoms with Crippen molar-refractivity contribution in [3.8, 4) is 0 Å². The zero-order chi connectivity index (χ0) is 18.0. The van der Waals surface area contributed by atoms with Crippen LogP contribution in [0.2, 0.25) is 0 Å². The zero-order valence-electron chi connectivity index (χ0n) is 13.6. The SMILES string of the molecule is NCc1ccc(C(=O)N(Cc2ccc(C(F)(F)F)cc2)C2CC2)cc1. The van der Waals surface area contributed by atoms with E-state index in [4.69, 9.17) is 5.73 Å². The van der Waals surface area contributed by atoms with Crippen LogP contribution in [0, 0.1) is 0 Å². The fourth-order valence-corrected chi connectivity index (χ4v) is 2.70. The molecule has 2 aromatic carbocycles. The van der Waals surface area contributed by atoms with E-state index < -0.39 is 11.7 Å². The summed E-state index contributed by atoms with van der Waals surface area (Å²) in [6.45, 7) is 0.715. The molecule has 0 bridgehead atoms. The highest BCUT2D eigenvalue weighted by atomic mass is 19.4. The summed E-state index contributed by atoms with van der Waals surface area (Å²) in [5, 5.41) is 0. The molecule has 0 aromatic heterocycles. The monoisotopic (exact) mass is 348 g/mol. The van der Waals surface area contributed by atoms with Crippen molar-refractivity contribution >= 4 is 5.91 Å². The molecule has 1 aliphatic carbocycles. The minimum absolute atomic E-state index is 0.106. The van der Waals surface area contributed by atoms with Gasteiger partial charge in [0, 0.05) is 24.7 Å². The Bertz CT molecular complexity index is 735. The van der Waals surface area contributed by atoms with Crippen LogP contribution in [0.25, 0.3) is 0 Å². The number of carbonyl (C=O) groups is 1. The van der Waals surface area contributed by atoms with Crippen molar-refractivity contribution in [1.82, 2.24) is 4.90 Å². The number of amides is 1. The first-order valence-corrected chi connectivity index (χ1v) is 8.14. The highest BCUT2D eigenvalue weighted by Crippen LogP contribution is 2.32. The largest absolute Gasteiger partial charge is 0.416 e. The van der Waals surface area contributed by atoms with Gasteiger partial charge < -0.3 is 10.6 Å². The van der Waals surface area contributed by atoms with E-state index >= 15 is 0 Å². The minimum atomic E-state index is -4.35. The van der Waals surface area contributed by atoms with Gasteiger partial charge in [-0.1, -0.05) is 24.3 Å². The van der Waals surface area contributed by atoms with Crippen molar-refractivity contribution < 1.29 is 18.0 Å². The average Bonchev–Trinajstić information content (AvgIpc) is 3.44. The lowest BCUT2D eigenvalue weighted by molar-refractivity contribution is -0.137. The van der Waals surface area contributed by atoms with Gasteiger partial charge >= 0.3 is 6.18 Å². The molecule has 0 aliphatic heterocycles. The summed E-state index contributed by atoms with van der Waals surface area (Å²) in [7, 11) is 0. The maximum Gasteiger partial charge on any atom is 0.416 e. The maximum absolute atomic E-state index is 12.8. The van der Waals surface area contributed by atoms with E-state index in [1.165, 1.54) is 12.1 Å². The number of nitrogens with two attached hydrogens (primary N) is 1. The molecular weight excluding hydrogens is 329 g/mol. The summed E-state index contributed by atoms with van der Waals surface area (Å²) in [5.74, 6) is -0.106. The lowest BCUT2D eigenvalue weighted by Gasteiger charge is -2.23. The maximum atomic E-state index is 12.8. The second-order valence-corrected chi connectivity index (χ2v) is 6.26. The summed E-state index contributed by atoms with van der Waals surface area (Å²) >= 11 is 0. The molecule has 3 nitrogen and oxygen atoms in total. The number of hydrogen-bond acceptors (Lipinski definition) is 2. The Morgan fingerprint density at radius 1 is 1.00 bits per heavy atom. The smallest absolute Gasteiger partial charge is 0.331 e. The molecule has 2 N–H and O–H groups in total. The van der Waals surface area contributed by atoms with E-state index in [0.717, 1.165) is 30.5 Å². The van der Waals surface area contributed by atoms with Gasteiger partial charge in [-0.2, -0.15) is 13.2 Å². The number of rotatable bonds is 5. The molecule has 1 fully saturated rings. The molecule has 1 aliphatic rings. The molecule has 1 amide bonds. The van der Waals surface area contributed by atoms with Gasteiger partial charge in [-0.25, -0.2) is 0 Å². The number of benzene rings is 2. The van der Waals surface area contributed by atoms with Crippen molar-refractivity contribution in [2.75, 3.05) is 0 Å². The summed E-state index contributed by atoms with van der Waals surface area (Å²) < 4.78 is 38.0. The van der Waals surface area contributed by atoms with Gasteiger partial charge in [-0.3, -0.25) is 4.79 Å². The summed E-state index contributed by atoms with van der Waals surface area (Å²) in [4.78, 5) is 14.5. The molecule has 0 radical (unpaired) electrons. The zero-order valence-corrected chi connectivity index (χ0v) is 13.6. The van der Waals surface area contributed by atoms with E-state index in [2.05, 4.69) is 0 Å². The van der Waals surface area contributed by atoms with Gasteiger partial charge in [-0.05, 0) is 48.2 Å². The summed E-state index contributed by atoms with van der Waals surface area (Å²) in [5.41, 5.74) is 7.08. The van der Waals surface area contributed by atoms with Gasteiger partial charge in [0.25, 0.3) is 5.91 Å². The normalized spacial score (nSPS) is 14.4. The lowest BCUT2D eigenvalue weighted by atomic mass is 10.1. The number of nitrogens with zero attached hydrogens (tertiary/aromatic N) is 1. The van der Waals surface area contributed by atoms with E-state index in [9.17, 15) is 18.0 Å². The minimum Gasteiger partial charge on any atom is -0.331 e. The Morgan fingerprint density at radius 3 is 2.04 bits per heavy atom. The second kappa shape index (κ2) is 6.88. The predicted molar refractivity (Wildman–Crippen MR) is 88.7 cm³/mol. The molecular formula is C19H19F3N2O. The Kier molecular flexibility index (Phi) is 4.81. The van der Waals surface area contributed by atoms with E-state index in [-0.39, 0.29) is 11.9 Å². The van der Waals surface area contributed by atoms with Crippen LogP contribution in [-0.2, 0) is 19.3 Å². The number of hydrogen-bond donors (Lipinski definition) is 1.